The Labute approximate surface area is 165 Å². The summed E-state index contributed by atoms with van der Waals surface area (Å²) in [4.78, 5) is 25.9. The first kappa shape index (κ1) is 17.4. The monoisotopic (exact) mass is 374 g/mol. The van der Waals surface area contributed by atoms with Gasteiger partial charge in [0, 0.05) is 18.7 Å². The van der Waals surface area contributed by atoms with Crippen LogP contribution in [0.3, 0.4) is 0 Å². The third kappa shape index (κ3) is 3.31. The molecule has 1 amide bonds. The molecule has 3 aromatic rings. The predicted octanol–water partition coefficient (Wildman–Crippen LogP) is 4.14. The van der Waals surface area contributed by atoms with Gasteiger partial charge in [-0.25, -0.2) is 4.98 Å². The van der Waals surface area contributed by atoms with Crippen molar-refractivity contribution in [2.24, 2.45) is 0 Å². The summed E-state index contributed by atoms with van der Waals surface area (Å²) in [6.07, 6.45) is 4.54. The van der Waals surface area contributed by atoms with Crippen LogP contribution in [-0.4, -0.2) is 45.3 Å². The van der Waals surface area contributed by atoms with Crippen LogP contribution in [0.2, 0.25) is 0 Å². The molecule has 2 aliphatic rings. The summed E-state index contributed by atoms with van der Waals surface area (Å²) in [5, 5.41) is 0. The summed E-state index contributed by atoms with van der Waals surface area (Å²) in [7, 11) is 0. The number of hydrogen-bond donors (Lipinski definition) is 1. The summed E-state index contributed by atoms with van der Waals surface area (Å²) in [5.41, 5.74) is 4.01. The first-order valence-electron chi connectivity index (χ1n) is 10.3. The number of aromatic nitrogens is 2. The van der Waals surface area contributed by atoms with Gasteiger partial charge in [0.15, 0.2) is 0 Å². The van der Waals surface area contributed by atoms with Gasteiger partial charge in [0.2, 0.25) is 0 Å². The molecule has 0 spiro atoms. The third-order valence-electron chi connectivity index (χ3n) is 6.02. The number of para-hydroxylation sites is 2. The number of carbonyl (C=O) groups is 1. The van der Waals surface area contributed by atoms with E-state index in [1.54, 1.807) is 0 Å². The van der Waals surface area contributed by atoms with E-state index >= 15 is 0 Å². The van der Waals surface area contributed by atoms with Gasteiger partial charge in [-0.2, -0.15) is 0 Å². The van der Waals surface area contributed by atoms with Crippen molar-refractivity contribution in [3.63, 3.8) is 0 Å². The van der Waals surface area contributed by atoms with Gasteiger partial charge in [0.05, 0.1) is 17.1 Å². The highest BCUT2D eigenvalue weighted by Crippen LogP contribution is 2.32. The van der Waals surface area contributed by atoms with Crippen molar-refractivity contribution in [2.75, 3.05) is 19.6 Å². The molecule has 5 rings (SSSR count). The van der Waals surface area contributed by atoms with Crippen LogP contribution in [0, 0.1) is 0 Å². The maximum absolute atomic E-state index is 13.3. The fraction of sp³-hybridized carbons (Fsp3) is 0.391. The minimum Gasteiger partial charge on any atom is -0.340 e. The summed E-state index contributed by atoms with van der Waals surface area (Å²) in [5.74, 6) is 1.02. The number of carbonyl (C=O) groups excluding carboxylic acids is 1. The van der Waals surface area contributed by atoms with Gasteiger partial charge < -0.3 is 9.88 Å². The number of fused-ring (bicyclic) bond motifs is 1. The van der Waals surface area contributed by atoms with Crippen molar-refractivity contribution in [3.05, 3.63) is 65.5 Å². The van der Waals surface area contributed by atoms with Crippen molar-refractivity contribution in [2.45, 2.75) is 38.3 Å². The van der Waals surface area contributed by atoms with Crippen LogP contribution in [-0.2, 0) is 6.54 Å². The minimum absolute atomic E-state index is 0.0298. The molecule has 2 fully saturated rings. The van der Waals surface area contributed by atoms with Crippen LogP contribution in [0.5, 0.6) is 0 Å². The molecule has 5 nitrogen and oxygen atoms in total. The number of H-pyrrole nitrogens is 1. The van der Waals surface area contributed by atoms with Crippen LogP contribution in [0.15, 0.2) is 48.5 Å². The van der Waals surface area contributed by atoms with E-state index in [1.165, 1.54) is 31.5 Å². The molecule has 1 unspecified atom stereocenters. The zero-order chi connectivity index (χ0) is 18.9. The van der Waals surface area contributed by atoms with E-state index in [-0.39, 0.29) is 11.9 Å². The van der Waals surface area contributed by atoms with Crippen molar-refractivity contribution < 1.29 is 4.79 Å². The molecule has 28 heavy (non-hydrogen) atoms. The van der Waals surface area contributed by atoms with Gasteiger partial charge in [-0.3, -0.25) is 9.69 Å². The number of imidazole rings is 1. The molecule has 0 radical (unpaired) electrons. The van der Waals surface area contributed by atoms with E-state index in [9.17, 15) is 4.79 Å². The Balaban J connectivity index is 1.37. The number of aromatic amines is 1. The Hall–Kier alpha value is -2.66. The molecule has 1 atom stereocenters. The lowest BCUT2D eigenvalue weighted by atomic mass is 10.1. The fourth-order valence-corrected chi connectivity index (χ4v) is 4.59. The number of nitrogens with zero attached hydrogens (tertiary/aromatic N) is 3. The van der Waals surface area contributed by atoms with Crippen molar-refractivity contribution in [3.8, 4) is 0 Å². The topological polar surface area (TPSA) is 52.2 Å². The van der Waals surface area contributed by atoms with E-state index in [0.717, 1.165) is 48.4 Å². The molecule has 144 valence electrons. The fourth-order valence-electron chi connectivity index (χ4n) is 4.59. The Morgan fingerprint density at radius 1 is 1.04 bits per heavy atom. The number of hydrogen-bond acceptors (Lipinski definition) is 3. The molecule has 0 saturated carbocycles. The number of likely N-dealkylation sites (tertiary alicyclic amines) is 2. The van der Waals surface area contributed by atoms with E-state index in [0.29, 0.717) is 0 Å². The second kappa shape index (κ2) is 7.40. The molecule has 2 saturated heterocycles. The maximum atomic E-state index is 13.3. The summed E-state index contributed by atoms with van der Waals surface area (Å²) in [6.45, 7) is 4.06. The van der Waals surface area contributed by atoms with E-state index < -0.39 is 0 Å². The Kier molecular flexibility index (Phi) is 4.61. The van der Waals surface area contributed by atoms with Gasteiger partial charge in [-0.1, -0.05) is 24.3 Å². The molecular formula is C23H26N4O. The molecule has 0 aliphatic carbocycles. The summed E-state index contributed by atoms with van der Waals surface area (Å²) >= 11 is 0. The quantitative estimate of drug-likeness (QED) is 0.747. The SMILES string of the molecule is O=C(c1cccc(CN2CCCC2)c1)N1CCCC1c1nc2ccccc2[nH]1. The number of nitrogens with one attached hydrogen (secondary N) is 1. The largest absolute Gasteiger partial charge is 0.340 e. The molecule has 2 aliphatic heterocycles. The Morgan fingerprint density at radius 3 is 2.75 bits per heavy atom. The number of amides is 1. The number of benzene rings is 2. The van der Waals surface area contributed by atoms with Gasteiger partial charge in [-0.15, -0.1) is 0 Å². The standard InChI is InChI=1S/C23H26N4O/c28-23(18-8-5-7-17(15-18)16-26-12-3-4-13-26)27-14-6-11-21(27)22-24-19-9-1-2-10-20(19)25-22/h1-2,5,7-10,15,21H,3-4,6,11-14,16H2,(H,24,25). The van der Waals surface area contributed by atoms with Crippen LogP contribution in [0.4, 0.5) is 0 Å². The van der Waals surface area contributed by atoms with Crippen LogP contribution in [0.1, 0.15) is 53.5 Å². The van der Waals surface area contributed by atoms with E-state index in [4.69, 9.17) is 4.98 Å². The molecule has 1 N–H and O–H groups in total. The lowest BCUT2D eigenvalue weighted by Gasteiger charge is -2.24. The molecule has 2 aromatic carbocycles. The molecule has 5 heteroatoms. The van der Waals surface area contributed by atoms with Crippen LogP contribution >= 0.6 is 0 Å². The van der Waals surface area contributed by atoms with Crippen LogP contribution < -0.4 is 0 Å². The van der Waals surface area contributed by atoms with Gasteiger partial charge in [0.25, 0.3) is 5.91 Å². The van der Waals surface area contributed by atoms with Crippen molar-refractivity contribution in [1.29, 1.82) is 0 Å². The smallest absolute Gasteiger partial charge is 0.254 e. The highest BCUT2D eigenvalue weighted by atomic mass is 16.2. The second-order valence-corrected chi connectivity index (χ2v) is 7.98. The van der Waals surface area contributed by atoms with Gasteiger partial charge in [-0.05, 0) is 68.6 Å². The van der Waals surface area contributed by atoms with E-state index in [2.05, 4.69) is 22.0 Å². The zero-order valence-electron chi connectivity index (χ0n) is 16.1. The Morgan fingerprint density at radius 2 is 1.89 bits per heavy atom. The summed E-state index contributed by atoms with van der Waals surface area (Å²) < 4.78 is 0. The van der Waals surface area contributed by atoms with Crippen molar-refractivity contribution in [1.82, 2.24) is 19.8 Å². The van der Waals surface area contributed by atoms with Gasteiger partial charge >= 0.3 is 0 Å². The average Bonchev–Trinajstić information content (AvgIpc) is 3.47. The van der Waals surface area contributed by atoms with Crippen LogP contribution in [0.25, 0.3) is 11.0 Å². The minimum atomic E-state index is 0.0298. The highest BCUT2D eigenvalue weighted by Gasteiger charge is 2.32. The molecule has 0 bridgehead atoms. The normalized spacial score (nSPS) is 20.3. The van der Waals surface area contributed by atoms with Crippen molar-refractivity contribution >= 4 is 16.9 Å². The zero-order valence-corrected chi connectivity index (χ0v) is 16.1. The highest BCUT2D eigenvalue weighted by molar-refractivity contribution is 5.95. The Bertz CT molecular complexity index is 956. The first-order chi connectivity index (χ1) is 13.8. The van der Waals surface area contributed by atoms with Gasteiger partial charge in [0.1, 0.15) is 5.82 Å². The van der Waals surface area contributed by atoms with E-state index in [1.807, 2.05) is 41.3 Å². The second-order valence-electron chi connectivity index (χ2n) is 7.98. The number of rotatable bonds is 4. The molecule has 1 aromatic heterocycles. The lowest BCUT2D eigenvalue weighted by Crippen LogP contribution is -2.31. The average molecular weight is 374 g/mol. The lowest BCUT2D eigenvalue weighted by molar-refractivity contribution is 0.0730. The maximum Gasteiger partial charge on any atom is 0.254 e. The molecule has 3 heterocycles. The third-order valence-corrected chi connectivity index (χ3v) is 6.02. The first-order valence-corrected chi connectivity index (χ1v) is 10.3. The predicted molar refractivity (Wildman–Crippen MR) is 110 cm³/mol. The summed E-state index contributed by atoms with van der Waals surface area (Å²) in [6, 6.07) is 16.3. The molecular weight excluding hydrogens is 348 g/mol.